The topological polar surface area (TPSA) is 52.6 Å². The lowest BCUT2D eigenvalue weighted by Gasteiger charge is -2.19. The zero-order valence-electron chi connectivity index (χ0n) is 17.8. The summed E-state index contributed by atoms with van der Waals surface area (Å²) < 4.78 is 10.9. The van der Waals surface area contributed by atoms with Gasteiger partial charge in [-0.1, -0.05) is 65.7 Å². The maximum absolute atomic E-state index is 12.8. The van der Waals surface area contributed by atoms with Crippen LogP contribution in [0.1, 0.15) is 104 Å². The minimum Gasteiger partial charge on any atom is -0.462 e. The first-order chi connectivity index (χ1) is 13.2. The van der Waals surface area contributed by atoms with Gasteiger partial charge < -0.3 is 9.47 Å². The summed E-state index contributed by atoms with van der Waals surface area (Å²) >= 11 is 0. The van der Waals surface area contributed by atoms with E-state index in [1.807, 2.05) is 13.8 Å². The van der Waals surface area contributed by atoms with Crippen LogP contribution in [0.15, 0.2) is 11.1 Å². The molecular formula is C23H40O4. The first-order valence-corrected chi connectivity index (χ1v) is 11.2. The molecule has 1 aliphatic rings. The predicted molar refractivity (Wildman–Crippen MR) is 109 cm³/mol. The smallest absolute Gasteiger partial charge is 0.334 e. The third-order valence-corrected chi connectivity index (χ3v) is 5.21. The van der Waals surface area contributed by atoms with E-state index >= 15 is 0 Å². The molecule has 1 saturated carbocycles. The Hall–Kier alpha value is -1.32. The molecule has 0 atom stereocenters. The average Bonchev–Trinajstić information content (AvgIpc) is 3.20. The Morgan fingerprint density at radius 2 is 1.30 bits per heavy atom. The first kappa shape index (κ1) is 23.7. The van der Waals surface area contributed by atoms with Crippen molar-refractivity contribution >= 4 is 11.9 Å². The molecule has 1 rings (SSSR count). The largest absolute Gasteiger partial charge is 0.462 e. The molecule has 1 fully saturated rings. The molecule has 0 radical (unpaired) electrons. The van der Waals surface area contributed by atoms with Gasteiger partial charge in [0, 0.05) is 5.57 Å². The van der Waals surface area contributed by atoms with Crippen molar-refractivity contribution in [2.24, 2.45) is 5.92 Å². The minimum atomic E-state index is -0.305. The zero-order valence-corrected chi connectivity index (χ0v) is 17.8. The molecule has 0 saturated heterocycles. The van der Waals surface area contributed by atoms with Crippen LogP contribution < -0.4 is 0 Å². The van der Waals surface area contributed by atoms with Gasteiger partial charge in [0.1, 0.15) is 0 Å². The highest BCUT2D eigenvalue weighted by Crippen LogP contribution is 2.35. The summed E-state index contributed by atoms with van der Waals surface area (Å²) in [5.74, 6) is -0.447. The monoisotopic (exact) mass is 380 g/mol. The molecule has 0 amide bonds. The van der Waals surface area contributed by atoms with E-state index in [1.54, 1.807) is 0 Å². The second kappa shape index (κ2) is 14.7. The summed E-state index contributed by atoms with van der Waals surface area (Å²) in [6.45, 7) is 6.99. The standard InChI is InChI=1S/C23H40O4/c1-4-7-8-9-10-11-16-20(22(24)26-17-5-2)21(19-14-12-13-15-19)23(25)27-18-6-3/h19H,4-18H2,1-3H3. The van der Waals surface area contributed by atoms with Crippen molar-refractivity contribution in [2.75, 3.05) is 13.2 Å². The highest BCUT2D eigenvalue weighted by atomic mass is 16.5. The first-order valence-electron chi connectivity index (χ1n) is 11.2. The fraction of sp³-hybridized carbons (Fsp3) is 0.826. The average molecular weight is 381 g/mol. The summed E-state index contributed by atoms with van der Waals surface area (Å²) in [6.07, 6.45) is 13.3. The third-order valence-electron chi connectivity index (χ3n) is 5.21. The van der Waals surface area contributed by atoms with Gasteiger partial charge in [0.2, 0.25) is 0 Å². The second-order valence-electron chi connectivity index (χ2n) is 7.66. The molecule has 0 aromatic carbocycles. The number of carbonyl (C=O) groups excluding carboxylic acids is 2. The van der Waals surface area contributed by atoms with Gasteiger partial charge in [-0.15, -0.1) is 0 Å². The molecule has 0 aromatic rings. The summed E-state index contributed by atoms with van der Waals surface area (Å²) in [6, 6.07) is 0. The van der Waals surface area contributed by atoms with Gasteiger partial charge in [0.05, 0.1) is 18.8 Å². The number of rotatable bonds is 14. The van der Waals surface area contributed by atoms with E-state index in [2.05, 4.69) is 6.92 Å². The molecule has 0 aliphatic heterocycles. The lowest BCUT2D eigenvalue weighted by molar-refractivity contribution is -0.143. The van der Waals surface area contributed by atoms with Crippen LogP contribution >= 0.6 is 0 Å². The van der Waals surface area contributed by atoms with Crippen LogP contribution in [0.2, 0.25) is 0 Å². The van der Waals surface area contributed by atoms with Gasteiger partial charge >= 0.3 is 11.9 Å². The zero-order chi connectivity index (χ0) is 19.9. The molecule has 0 spiro atoms. The third kappa shape index (κ3) is 8.94. The maximum Gasteiger partial charge on any atom is 0.334 e. The van der Waals surface area contributed by atoms with Gasteiger partial charge in [-0.3, -0.25) is 0 Å². The number of hydrogen-bond donors (Lipinski definition) is 0. The van der Waals surface area contributed by atoms with Crippen LogP contribution in [0.25, 0.3) is 0 Å². The summed E-state index contributed by atoms with van der Waals surface area (Å²) in [5, 5.41) is 0. The van der Waals surface area contributed by atoms with Crippen molar-refractivity contribution < 1.29 is 19.1 Å². The molecule has 0 heterocycles. The van der Waals surface area contributed by atoms with E-state index in [0.29, 0.717) is 30.8 Å². The van der Waals surface area contributed by atoms with Gasteiger partial charge in [-0.25, -0.2) is 9.59 Å². The lowest BCUT2D eigenvalue weighted by atomic mass is 9.90. The van der Waals surface area contributed by atoms with E-state index < -0.39 is 0 Å². The SMILES string of the molecule is CCCCCCCCC(C(=O)OCCC)=C(C(=O)OCCC)C1CCCC1. The van der Waals surface area contributed by atoms with Crippen molar-refractivity contribution in [1.29, 1.82) is 0 Å². The minimum absolute atomic E-state index is 0.152. The van der Waals surface area contributed by atoms with E-state index in [-0.39, 0.29) is 17.9 Å². The van der Waals surface area contributed by atoms with Gasteiger partial charge in [-0.05, 0) is 44.4 Å². The Bertz CT molecular complexity index is 461. The van der Waals surface area contributed by atoms with E-state index in [9.17, 15) is 9.59 Å². The van der Waals surface area contributed by atoms with Crippen molar-refractivity contribution in [3.05, 3.63) is 11.1 Å². The lowest BCUT2D eigenvalue weighted by Crippen LogP contribution is -2.22. The molecule has 0 N–H and O–H groups in total. The van der Waals surface area contributed by atoms with Crippen LogP contribution in [-0.4, -0.2) is 25.2 Å². The van der Waals surface area contributed by atoms with Gasteiger partial charge in [-0.2, -0.15) is 0 Å². The fourth-order valence-electron chi connectivity index (χ4n) is 3.73. The molecule has 1 aliphatic carbocycles. The number of ether oxygens (including phenoxy) is 2. The molecular weight excluding hydrogens is 340 g/mol. The molecule has 0 unspecified atom stereocenters. The Morgan fingerprint density at radius 1 is 0.741 bits per heavy atom. The van der Waals surface area contributed by atoms with Crippen LogP contribution in [0.3, 0.4) is 0 Å². The normalized spacial score (nSPS) is 15.5. The Balaban J connectivity index is 2.93. The van der Waals surface area contributed by atoms with E-state index in [0.717, 1.165) is 51.4 Å². The van der Waals surface area contributed by atoms with Gasteiger partial charge in [0.15, 0.2) is 0 Å². The van der Waals surface area contributed by atoms with Crippen molar-refractivity contribution in [3.8, 4) is 0 Å². The van der Waals surface area contributed by atoms with Crippen molar-refractivity contribution in [3.63, 3.8) is 0 Å². The summed E-state index contributed by atoms with van der Waals surface area (Å²) in [7, 11) is 0. The number of carbonyl (C=O) groups is 2. The van der Waals surface area contributed by atoms with E-state index in [4.69, 9.17) is 9.47 Å². The van der Waals surface area contributed by atoms with Crippen LogP contribution in [0.5, 0.6) is 0 Å². The quantitative estimate of drug-likeness (QED) is 0.207. The second-order valence-corrected chi connectivity index (χ2v) is 7.66. The van der Waals surface area contributed by atoms with Crippen molar-refractivity contribution in [2.45, 2.75) is 104 Å². The molecule has 27 heavy (non-hydrogen) atoms. The summed E-state index contributed by atoms with van der Waals surface area (Å²) in [5.41, 5.74) is 1.21. The highest BCUT2D eigenvalue weighted by Gasteiger charge is 2.31. The number of hydrogen-bond acceptors (Lipinski definition) is 4. The number of unbranched alkanes of at least 4 members (excludes halogenated alkanes) is 5. The predicted octanol–water partition coefficient (Wildman–Crippen LogP) is 6.13. The molecule has 4 nitrogen and oxygen atoms in total. The fourth-order valence-corrected chi connectivity index (χ4v) is 3.73. The Kier molecular flexibility index (Phi) is 12.9. The molecule has 0 aromatic heterocycles. The maximum atomic E-state index is 12.8. The molecule has 4 heteroatoms. The van der Waals surface area contributed by atoms with E-state index in [1.165, 1.54) is 25.7 Å². The molecule has 156 valence electrons. The summed E-state index contributed by atoms with van der Waals surface area (Å²) in [4.78, 5) is 25.6. The van der Waals surface area contributed by atoms with Crippen LogP contribution in [-0.2, 0) is 19.1 Å². The van der Waals surface area contributed by atoms with Crippen LogP contribution in [0.4, 0.5) is 0 Å². The van der Waals surface area contributed by atoms with Crippen molar-refractivity contribution in [1.82, 2.24) is 0 Å². The highest BCUT2D eigenvalue weighted by molar-refractivity contribution is 6.00. The Labute approximate surface area is 166 Å². The Morgan fingerprint density at radius 3 is 1.89 bits per heavy atom. The molecule has 0 bridgehead atoms. The van der Waals surface area contributed by atoms with Gasteiger partial charge in [0.25, 0.3) is 0 Å². The van der Waals surface area contributed by atoms with Crippen LogP contribution in [0, 0.1) is 5.92 Å². The number of esters is 2.